The molecule has 0 radical (unpaired) electrons. The lowest BCUT2D eigenvalue weighted by molar-refractivity contribution is -0.528. The van der Waals surface area contributed by atoms with E-state index in [9.17, 15) is 24.5 Å². The Labute approximate surface area is 82.1 Å². The molecule has 84 valence electrons. The van der Waals surface area contributed by atoms with Crippen LogP contribution in [0.15, 0.2) is 0 Å². The monoisotopic (exact) mass is 221 g/mol. The molecule has 1 atom stereocenters. The molecule has 0 aliphatic carbocycles. The van der Waals surface area contributed by atoms with Gasteiger partial charge in [-0.1, -0.05) is 0 Å². The maximum atomic E-state index is 10.6. The molecule has 3 N–H and O–H groups in total. The van der Waals surface area contributed by atoms with Gasteiger partial charge in [0, 0.05) is 11.8 Å². The van der Waals surface area contributed by atoms with Crippen molar-refractivity contribution in [3.63, 3.8) is 0 Å². The van der Waals surface area contributed by atoms with Crippen molar-refractivity contribution in [2.24, 2.45) is 5.41 Å². The summed E-state index contributed by atoms with van der Waals surface area (Å²) in [6, 6.07) is -2.29. The molecule has 0 bridgehead atoms. The average molecular weight is 221 g/mol. The largest absolute Gasteiger partial charge is 0.480 e. The molecule has 9 heteroatoms. The van der Waals surface area contributed by atoms with E-state index in [1.165, 1.54) is 0 Å². The first-order chi connectivity index (χ1) is 6.68. The molecular formula is C6H7NO8. The minimum Gasteiger partial charge on any atom is -0.480 e. The Bertz CT molecular complexity index is 298. The second-order valence-corrected chi connectivity index (χ2v) is 2.68. The van der Waals surface area contributed by atoms with Gasteiger partial charge in [-0.3, -0.25) is 24.5 Å². The van der Waals surface area contributed by atoms with Gasteiger partial charge in [-0.05, 0) is 0 Å². The summed E-state index contributed by atoms with van der Waals surface area (Å²) in [6.07, 6.45) is 0. The van der Waals surface area contributed by atoms with Gasteiger partial charge in [0.1, 0.15) is 0 Å². The van der Waals surface area contributed by atoms with Crippen molar-refractivity contribution >= 4 is 17.9 Å². The van der Waals surface area contributed by atoms with E-state index in [-0.39, 0.29) is 0 Å². The zero-order valence-corrected chi connectivity index (χ0v) is 7.41. The van der Waals surface area contributed by atoms with E-state index in [1.54, 1.807) is 0 Å². The zero-order valence-electron chi connectivity index (χ0n) is 7.41. The molecule has 0 saturated heterocycles. The van der Waals surface area contributed by atoms with Gasteiger partial charge in [-0.25, -0.2) is 0 Å². The number of carbonyl (C=O) groups is 3. The first-order valence-electron chi connectivity index (χ1n) is 3.52. The van der Waals surface area contributed by atoms with Crippen LogP contribution in [-0.2, 0) is 14.4 Å². The van der Waals surface area contributed by atoms with Gasteiger partial charge in [0.05, 0.1) is 0 Å². The normalized spacial score (nSPS) is 12.9. The van der Waals surface area contributed by atoms with Crippen molar-refractivity contribution in [3.8, 4) is 0 Å². The molecular weight excluding hydrogens is 214 g/mol. The van der Waals surface area contributed by atoms with Gasteiger partial charge in [0.2, 0.25) is 6.04 Å². The van der Waals surface area contributed by atoms with Gasteiger partial charge in [-0.15, -0.1) is 0 Å². The van der Waals surface area contributed by atoms with Crippen LogP contribution >= 0.6 is 0 Å². The van der Waals surface area contributed by atoms with Gasteiger partial charge in [-0.2, -0.15) is 0 Å². The fraction of sp³-hybridized carbons (Fsp3) is 0.500. The molecule has 9 nitrogen and oxygen atoms in total. The Morgan fingerprint density at radius 1 is 1.13 bits per heavy atom. The number of aliphatic carboxylic acids is 3. The minimum atomic E-state index is -3.47. The van der Waals surface area contributed by atoms with Crippen LogP contribution in [0.5, 0.6) is 0 Å². The highest BCUT2D eigenvalue weighted by Gasteiger charge is 2.64. The van der Waals surface area contributed by atoms with E-state index < -0.39 is 34.3 Å². The lowest BCUT2D eigenvalue weighted by Crippen LogP contribution is -2.56. The van der Waals surface area contributed by atoms with Crippen LogP contribution in [0.25, 0.3) is 0 Å². The Balaban J connectivity index is 5.75. The van der Waals surface area contributed by atoms with Crippen LogP contribution in [0, 0.1) is 15.5 Å². The quantitative estimate of drug-likeness (QED) is 0.299. The SMILES string of the molecule is CC([N+](=O)[O-])C(C(=O)O)(C(=O)O)C(=O)O. The summed E-state index contributed by atoms with van der Waals surface area (Å²) in [6.45, 7) is 0.608. The molecule has 0 heterocycles. The highest BCUT2D eigenvalue weighted by molar-refractivity contribution is 6.16. The average Bonchev–Trinajstić information content (AvgIpc) is 2.02. The lowest BCUT2D eigenvalue weighted by atomic mass is 9.81. The molecule has 0 aromatic rings. The predicted octanol–water partition coefficient (Wildman–Crippen LogP) is -1.11. The van der Waals surface area contributed by atoms with Crippen molar-refractivity contribution in [2.45, 2.75) is 13.0 Å². The predicted molar refractivity (Wildman–Crippen MR) is 41.8 cm³/mol. The molecule has 0 amide bonds. The fourth-order valence-corrected chi connectivity index (χ4v) is 0.969. The Kier molecular flexibility index (Phi) is 3.33. The second kappa shape index (κ2) is 3.90. The van der Waals surface area contributed by atoms with E-state index in [4.69, 9.17) is 15.3 Å². The van der Waals surface area contributed by atoms with Crippen molar-refractivity contribution in [3.05, 3.63) is 10.1 Å². The van der Waals surface area contributed by atoms with Crippen LogP contribution in [0.4, 0.5) is 0 Å². The first-order valence-corrected chi connectivity index (χ1v) is 3.52. The molecule has 15 heavy (non-hydrogen) atoms. The van der Waals surface area contributed by atoms with Crippen LogP contribution in [-0.4, -0.2) is 44.2 Å². The van der Waals surface area contributed by atoms with Gasteiger partial charge >= 0.3 is 23.3 Å². The molecule has 0 spiro atoms. The molecule has 0 saturated carbocycles. The molecule has 0 aliphatic rings. The minimum absolute atomic E-state index is 0.608. The highest BCUT2D eigenvalue weighted by atomic mass is 16.6. The summed E-state index contributed by atoms with van der Waals surface area (Å²) in [7, 11) is 0. The summed E-state index contributed by atoms with van der Waals surface area (Å²) in [5.41, 5.74) is -3.47. The maximum Gasteiger partial charge on any atom is 0.340 e. The van der Waals surface area contributed by atoms with E-state index in [1.807, 2.05) is 0 Å². The molecule has 0 aromatic heterocycles. The third-order valence-corrected chi connectivity index (χ3v) is 1.95. The van der Waals surface area contributed by atoms with E-state index in [0.717, 1.165) is 0 Å². The third kappa shape index (κ3) is 1.71. The number of carboxylic acid groups (broad SMARTS) is 3. The number of nitrogens with zero attached hydrogens (tertiary/aromatic N) is 1. The Hall–Kier alpha value is -2.19. The summed E-state index contributed by atoms with van der Waals surface area (Å²) in [5, 5.41) is 35.8. The lowest BCUT2D eigenvalue weighted by Gasteiger charge is -2.20. The smallest absolute Gasteiger partial charge is 0.340 e. The van der Waals surface area contributed by atoms with E-state index >= 15 is 0 Å². The third-order valence-electron chi connectivity index (χ3n) is 1.95. The molecule has 1 unspecified atom stereocenters. The fourth-order valence-electron chi connectivity index (χ4n) is 0.969. The molecule has 0 aliphatic heterocycles. The maximum absolute atomic E-state index is 10.6. The van der Waals surface area contributed by atoms with Crippen molar-refractivity contribution in [1.29, 1.82) is 0 Å². The standard InChI is InChI=1S/C6H7NO8/c1-2(7(14)15)6(3(8)9,4(10)11)5(12)13/h2H,1H3,(H,8,9)(H,10,11)(H,12,13). The molecule has 0 fully saturated rings. The van der Waals surface area contributed by atoms with Crippen molar-refractivity contribution in [2.75, 3.05) is 0 Å². The number of nitro groups is 1. The number of hydrogen-bond acceptors (Lipinski definition) is 5. The summed E-state index contributed by atoms with van der Waals surface area (Å²) in [5.74, 6) is -6.86. The van der Waals surface area contributed by atoms with Crippen LogP contribution < -0.4 is 0 Å². The number of carboxylic acids is 3. The van der Waals surface area contributed by atoms with Crippen molar-refractivity contribution in [1.82, 2.24) is 0 Å². The van der Waals surface area contributed by atoms with Crippen LogP contribution in [0.1, 0.15) is 6.92 Å². The number of hydrogen-bond donors (Lipinski definition) is 3. The summed E-state index contributed by atoms with van der Waals surface area (Å²) < 4.78 is 0. The van der Waals surface area contributed by atoms with E-state index in [2.05, 4.69) is 0 Å². The highest BCUT2D eigenvalue weighted by Crippen LogP contribution is 2.25. The van der Waals surface area contributed by atoms with Gasteiger partial charge in [0.25, 0.3) is 0 Å². The van der Waals surface area contributed by atoms with Crippen LogP contribution in [0.2, 0.25) is 0 Å². The van der Waals surface area contributed by atoms with Gasteiger partial charge < -0.3 is 15.3 Å². The van der Waals surface area contributed by atoms with E-state index in [0.29, 0.717) is 6.92 Å². The summed E-state index contributed by atoms with van der Waals surface area (Å²) >= 11 is 0. The second-order valence-electron chi connectivity index (χ2n) is 2.68. The van der Waals surface area contributed by atoms with Gasteiger partial charge in [0.15, 0.2) is 0 Å². The first kappa shape index (κ1) is 12.8. The zero-order chi connectivity index (χ0) is 12.4. The Morgan fingerprint density at radius 3 is 1.47 bits per heavy atom. The number of rotatable bonds is 5. The topological polar surface area (TPSA) is 155 Å². The molecule has 0 rings (SSSR count). The van der Waals surface area contributed by atoms with Crippen molar-refractivity contribution < 1.29 is 34.6 Å². The summed E-state index contributed by atoms with van der Waals surface area (Å²) in [4.78, 5) is 40.8. The van der Waals surface area contributed by atoms with Crippen LogP contribution in [0.3, 0.4) is 0 Å². The Morgan fingerprint density at radius 2 is 1.40 bits per heavy atom. The molecule has 0 aromatic carbocycles.